The number of rotatable bonds is 5. The molecule has 0 atom stereocenters. The lowest BCUT2D eigenvalue weighted by Crippen LogP contribution is -2.15. The molecule has 1 aliphatic carbocycles. The summed E-state index contributed by atoms with van der Waals surface area (Å²) in [6.07, 6.45) is 2.56. The molecule has 0 radical (unpaired) electrons. The Morgan fingerprint density at radius 1 is 1.19 bits per heavy atom. The molecular weight excluding hydrogens is 344 g/mol. The third-order valence-corrected chi connectivity index (χ3v) is 5.50. The highest BCUT2D eigenvalue weighted by Gasteiger charge is 2.20. The number of halogens is 1. The summed E-state index contributed by atoms with van der Waals surface area (Å²) in [5, 5.41) is 12.9. The Hall–Kier alpha value is -1.28. The van der Waals surface area contributed by atoms with Gasteiger partial charge in [0.05, 0.1) is 5.56 Å². The number of hydrogen-bond donors (Lipinski definition) is 1. The zero-order valence-corrected chi connectivity index (χ0v) is 13.9. The Morgan fingerprint density at radius 3 is 2.71 bits per heavy atom. The minimum atomic E-state index is 0.685. The van der Waals surface area contributed by atoms with Crippen molar-refractivity contribution in [1.82, 2.24) is 5.32 Å². The van der Waals surface area contributed by atoms with Gasteiger partial charge in [0.1, 0.15) is 6.07 Å². The molecule has 0 unspecified atom stereocenters. The summed E-state index contributed by atoms with van der Waals surface area (Å²) in [7, 11) is 0. The number of nitrogens with one attached hydrogen (secondary N) is 1. The van der Waals surface area contributed by atoms with E-state index in [4.69, 9.17) is 0 Å². The maximum Gasteiger partial charge on any atom is 0.100 e. The fourth-order valence-corrected chi connectivity index (χ4v) is 3.49. The zero-order chi connectivity index (χ0) is 14.7. The Bertz CT molecular complexity index is 689. The van der Waals surface area contributed by atoms with Crippen LogP contribution in [-0.2, 0) is 6.54 Å². The molecule has 106 valence electrons. The van der Waals surface area contributed by atoms with E-state index in [0.717, 1.165) is 26.4 Å². The Balaban J connectivity index is 1.78. The lowest BCUT2D eigenvalue weighted by atomic mass is 10.1. The summed E-state index contributed by atoms with van der Waals surface area (Å²) in [6.45, 7) is 0.847. The molecule has 1 saturated carbocycles. The first-order valence-corrected chi connectivity index (χ1v) is 8.56. The molecular formula is C17H15BrN2S. The van der Waals surface area contributed by atoms with E-state index >= 15 is 0 Å². The van der Waals surface area contributed by atoms with E-state index in [1.165, 1.54) is 18.4 Å². The second-order valence-electron chi connectivity index (χ2n) is 5.13. The monoisotopic (exact) mass is 358 g/mol. The van der Waals surface area contributed by atoms with Gasteiger partial charge in [-0.1, -0.05) is 30.0 Å². The fraction of sp³-hybridized carbons (Fsp3) is 0.235. The van der Waals surface area contributed by atoms with Crippen LogP contribution in [0.15, 0.2) is 56.7 Å². The second kappa shape index (κ2) is 6.65. The van der Waals surface area contributed by atoms with Gasteiger partial charge in [0, 0.05) is 26.9 Å². The van der Waals surface area contributed by atoms with Crippen LogP contribution in [0.2, 0.25) is 0 Å². The van der Waals surface area contributed by atoms with Crippen molar-refractivity contribution in [1.29, 1.82) is 5.26 Å². The van der Waals surface area contributed by atoms with E-state index in [1.54, 1.807) is 11.8 Å². The summed E-state index contributed by atoms with van der Waals surface area (Å²) in [6, 6.07) is 17.2. The molecule has 0 saturated heterocycles. The molecule has 0 aliphatic heterocycles. The van der Waals surface area contributed by atoms with Crippen molar-refractivity contribution < 1.29 is 0 Å². The predicted molar refractivity (Wildman–Crippen MR) is 89.3 cm³/mol. The Morgan fingerprint density at radius 2 is 2.00 bits per heavy atom. The number of nitriles is 1. The number of nitrogens with zero attached hydrogens (tertiary/aromatic N) is 1. The van der Waals surface area contributed by atoms with Crippen LogP contribution in [-0.4, -0.2) is 6.04 Å². The second-order valence-corrected chi connectivity index (χ2v) is 7.07. The van der Waals surface area contributed by atoms with Gasteiger partial charge in [-0.2, -0.15) is 5.26 Å². The van der Waals surface area contributed by atoms with Gasteiger partial charge in [-0.25, -0.2) is 0 Å². The van der Waals surface area contributed by atoms with Crippen molar-refractivity contribution in [3.8, 4) is 6.07 Å². The highest BCUT2D eigenvalue weighted by Crippen LogP contribution is 2.35. The van der Waals surface area contributed by atoms with E-state index in [0.29, 0.717) is 6.04 Å². The third kappa shape index (κ3) is 3.88. The van der Waals surface area contributed by atoms with E-state index in [1.807, 2.05) is 30.3 Å². The summed E-state index contributed by atoms with van der Waals surface area (Å²) in [5.41, 5.74) is 1.92. The summed E-state index contributed by atoms with van der Waals surface area (Å²) in [5.74, 6) is 0. The average molecular weight is 359 g/mol. The highest BCUT2D eigenvalue weighted by molar-refractivity contribution is 9.10. The maximum atomic E-state index is 9.38. The number of benzene rings is 2. The molecule has 21 heavy (non-hydrogen) atoms. The van der Waals surface area contributed by atoms with Crippen LogP contribution in [0.1, 0.15) is 24.0 Å². The van der Waals surface area contributed by atoms with Gasteiger partial charge in [0.25, 0.3) is 0 Å². The van der Waals surface area contributed by atoms with E-state index in [9.17, 15) is 5.26 Å². The quantitative estimate of drug-likeness (QED) is 0.839. The zero-order valence-electron chi connectivity index (χ0n) is 11.5. The maximum absolute atomic E-state index is 9.38. The van der Waals surface area contributed by atoms with Crippen LogP contribution < -0.4 is 5.32 Å². The molecule has 1 N–H and O–H groups in total. The smallest absolute Gasteiger partial charge is 0.100 e. The molecule has 2 aromatic carbocycles. The molecule has 0 amide bonds. The lowest BCUT2D eigenvalue weighted by molar-refractivity contribution is 0.687. The number of hydrogen-bond acceptors (Lipinski definition) is 3. The summed E-state index contributed by atoms with van der Waals surface area (Å²) in [4.78, 5) is 2.12. The van der Waals surface area contributed by atoms with Crippen LogP contribution in [0.4, 0.5) is 0 Å². The predicted octanol–water partition coefficient (Wildman–Crippen LogP) is 4.72. The molecule has 4 heteroatoms. The van der Waals surface area contributed by atoms with E-state index < -0.39 is 0 Å². The summed E-state index contributed by atoms with van der Waals surface area (Å²) < 4.78 is 1.05. The first-order valence-electron chi connectivity index (χ1n) is 6.95. The van der Waals surface area contributed by atoms with Gasteiger partial charge in [-0.15, -0.1) is 0 Å². The Labute approximate surface area is 137 Å². The first kappa shape index (κ1) is 14.6. The van der Waals surface area contributed by atoms with Crippen molar-refractivity contribution in [2.45, 2.75) is 35.2 Å². The molecule has 2 nitrogen and oxygen atoms in total. The first-order chi connectivity index (χ1) is 10.3. The van der Waals surface area contributed by atoms with Gasteiger partial charge in [-0.3, -0.25) is 0 Å². The lowest BCUT2D eigenvalue weighted by Gasteiger charge is -2.09. The molecule has 0 spiro atoms. The fourth-order valence-electron chi connectivity index (χ4n) is 2.06. The van der Waals surface area contributed by atoms with E-state index in [-0.39, 0.29) is 0 Å². The normalized spacial score (nSPS) is 13.9. The van der Waals surface area contributed by atoms with Gasteiger partial charge in [0.2, 0.25) is 0 Å². The van der Waals surface area contributed by atoms with E-state index in [2.05, 4.69) is 39.4 Å². The molecule has 0 heterocycles. The van der Waals surface area contributed by atoms with Crippen molar-refractivity contribution in [2.75, 3.05) is 0 Å². The molecule has 0 aromatic heterocycles. The minimum Gasteiger partial charge on any atom is -0.310 e. The Kier molecular flexibility index (Phi) is 4.64. The third-order valence-electron chi connectivity index (χ3n) is 3.39. The van der Waals surface area contributed by atoms with Crippen LogP contribution in [0.3, 0.4) is 0 Å². The SMILES string of the molecule is N#Cc1cc(CNC2CC2)ccc1Sc1ccccc1Br. The van der Waals surface area contributed by atoms with Crippen LogP contribution in [0.25, 0.3) is 0 Å². The van der Waals surface area contributed by atoms with Crippen molar-refractivity contribution >= 4 is 27.7 Å². The highest BCUT2D eigenvalue weighted by atomic mass is 79.9. The molecule has 0 bridgehead atoms. The molecule has 1 fully saturated rings. The average Bonchev–Trinajstić information content (AvgIpc) is 3.32. The molecule has 3 rings (SSSR count). The van der Waals surface area contributed by atoms with Gasteiger partial charge in [-0.05, 0) is 58.6 Å². The van der Waals surface area contributed by atoms with Crippen LogP contribution in [0.5, 0.6) is 0 Å². The van der Waals surface area contributed by atoms with Crippen molar-refractivity contribution in [3.63, 3.8) is 0 Å². The van der Waals surface area contributed by atoms with Crippen molar-refractivity contribution in [2.24, 2.45) is 0 Å². The van der Waals surface area contributed by atoms with Gasteiger partial charge < -0.3 is 5.32 Å². The molecule has 1 aliphatic rings. The van der Waals surface area contributed by atoms with Crippen molar-refractivity contribution in [3.05, 3.63) is 58.1 Å². The standard InChI is InChI=1S/C17H15BrN2S/c18-15-3-1-2-4-17(15)21-16-8-5-12(9-13(16)10-19)11-20-14-6-7-14/h1-5,8-9,14,20H,6-7,11H2. The largest absolute Gasteiger partial charge is 0.310 e. The van der Waals surface area contributed by atoms with Crippen LogP contribution in [0, 0.1) is 11.3 Å². The summed E-state index contributed by atoms with van der Waals surface area (Å²) >= 11 is 5.17. The topological polar surface area (TPSA) is 35.8 Å². The van der Waals surface area contributed by atoms with Crippen LogP contribution >= 0.6 is 27.7 Å². The molecule has 2 aromatic rings. The van der Waals surface area contributed by atoms with Gasteiger partial charge >= 0.3 is 0 Å². The van der Waals surface area contributed by atoms with Gasteiger partial charge in [0.15, 0.2) is 0 Å². The minimum absolute atomic E-state index is 0.685.